The van der Waals surface area contributed by atoms with Gasteiger partial charge in [-0.15, -0.1) is 5.10 Å². The Labute approximate surface area is 399 Å². The summed E-state index contributed by atoms with van der Waals surface area (Å²) in [4.78, 5) is 41.3. The molecule has 18 atom stereocenters. The highest BCUT2D eigenvalue weighted by molar-refractivity contribution is 5.84. The van der Waals surface area contributed by atoms with Crippen LogP contribution in [-0.4, -0.2) is 169 Å². The van der Waals surface area contributed by atoms with Gasteiger partial charge in [0.05, 0.1) is 71.4 Å². The zero-order chi connectivity index (χ0) is 50.0. The molecule has 4 fully saturated rings. The molecule has 382 valence electrons. The number of rotatable bonds is 14. The third-order valence-electron chi connectivity index (χ3n) is 15.2. The Morgan fingerprint density at radius 2 is 1.68 bits per heavy atom. The summed E-state index contributed by atoms with van der Waals surface area (Å²) >= 11 is 0. The summed E-state index contributed by atoms with van der Waals surface area (Å²) in [6.07, 6.45) is -6.17. The monoisotopic (exact) mass is 962 g/mol. The molecule has 68 heavy (non-hydrogen) atoms. The number of Topliss-reactive ketones (excluding diaryl/α,β-unsaturated/α-hetero) is 1. The van der Waals surface area contributed by atoms with Crippen LogP contribution in [0.4, 0.5) is 5.69 Å². The van der Waals surface area contributed by atoms with Crippen LogP contribution in [-0.2, 0) is 55.7 Å². The summed E-state index contributed by atoms with van der Waals surface area (Å²) in [6, 6.07) is 5.89. The number of cyclic esters (lactones) is 1. The number of aliphatic hydroxyl groups is 4. The number of ketones is 1. The van der Waals surface area contributed by atoms with Crippen molar-refractivity contribution in [3.8, 4) is 0 Å². The number of nitro benzene ring substituents is 1. The molecule has 4 saturated heterocycles. The molecule has 6 rings (SSSR count). The molecule has 0 radical (unpaired) electrons. The van der Waals surface area contributed by atoms with Gasteiger partial charge in [0.1, 0.15) is 29.7 Å². The van der Waals surface area contributed by atoms with Gasteiger partial charge in [-0.1, -0.05) is 38.1 Å². The lowest BCUT2D eigenvalue weighted by molar-refractivity contribution is -0.384. The van der Waals surface area contributed by atoms with Crippen molar-refractivity contribution in [2.45, 2.75) is 192 Å². The minimum absolute atomic E-state index is 0.0111. The van der Waals surface area contributed by atoms with Gasteiger partial charge in [0.25, 0.3) is 5.69 Å². The Bertz CT molecular complexity index is 2020. The number of aliphatic hydroxyl groups excluding tert-OH is 3. The summed E-state index contributed by atoms with van der Waals surface area (Å²) in [6.45, 7) is 16.3. The number of ether oxygens (including phenoxy) is 7. The molecule has 4 aliphatic rings. The number of carbonyl (C=O) groups excluding carboxylic acids is 2. The third kappa shape index (κ3) is 11.6. The summed E-state index contributed by atoms with van der Waals surface area (Å²) in [5.74, 6) is -4.61. The van der Waals surface area contributed by atoms with E-state index in [1.54, 1.807) is 51.4 Å². The molecule has 20 nitrogen and oxygen atoms in total. The number of esters is 1. The average Bonchev–Trinajstić information content (AvgIpc) is 3.93. The van der Waals surface area contributed by atoms with Gasteiger partial charge < -0.3 is 58.5 Å². The van der Waals surface area contributed by atoms with Crippen LogP contribution >= 0.6 is 0 Å². The minimum Gasteiger partial charge on any atom is -0.459 e. The fourth-order valence-electron chi connectivity index (χ4n) is 10.8. The van der Waals surface area contributed by atoms with E-state index in [4.69, 9.17) is 33.2 Å². The zero-order valence-corrected chi connectivity index (χ0v) is 41.4. The van der Waals surface area contributed by atoms with Crippen molar-refractivity contribution in [1.29, 1.82) is 0 Å². The van der Waals surface area contributed by atoms with Crippen LogP contribution in [0.3, 0.4) is 0 Å². The Hall–Kier alpha value is -3.54. The van der Waals surface area contributed by atoms with Crippen LogP contribution in [0.2, 0.25) is 0 Å². The van der Waals surface area contributed by atoms with E-state index in [9.17, 15) is 40.1 Å². The smallest absolute Gasteiger partial charge is 0.311 e. The first-order valence-electron chi connectivity index (χ1n) is 24.1. The molecular weight excluding hydrogens is 887 g/mol. The van der Waals surface area contributed by atoms with Crippen molar-refractivity contribution in [3.63, 3.8) is 0 Å². The first kappa shape index (κ1) is 53.8. The molecule has 1 aromatic carbocycles. The number of nitro groups is 1. The fourth-order valence-corrected chi connectivity index (χ4v) is 10.8. The molecular formula is C48H75N5O15. The number of aromatic nitrogens is 3. The molecule has 2 bridgehead atoms. The Morgan fingerprint density at radius 3 is 2.32 bits per heavy atom. The molecule has 5 heterocycles. The number of benzene rings is 1. The van der Waals surface area contributed by atoms with Crippen molar-refractivity contribution in [3.05, 3.63) is 51.8 Å². The topological polar surface area (TPSA) is 257 Å². The van der Waals surface area contributed by atoms with E-state index in [0.29, 0.717) is 32.4 Å². The maximum absolute atomic E-state index is 14.4. The number of aryl methyl sites for hydroxylation is 1. The summed E-state index contributed by atoms with van der Waals surface area (Å²) in [5, 5.41) is 66.2. The van der Waals surface area contributed by atoms with Crippen molar-refractivity contribution in [2.24, 2.45) is 23.7 Å². The van der Waals surface area contributed by atoms with Crippen molar-refractivity contribution in [1.82, 2.24) is 19.9 Å². The van der Waals surface area contributed by atoms with Crippen molar-refractivity contribution < 1.29 is 68.1 Å². The van der Waals surface area contributed by atoms with E-state index in [1.807, 2.05) is 34.0 Å². The second-order valence-electron chi connectivity index (χ2n) is 20.5. The molecule has 4 aliphatic heterocycles. The lowest BCUT2D eigenvalue weighted by Crippen LogP contribution is -2.61. The SMILES string of the molecule is CC[C@H]1OC(=O)[C@H](C)[C@@H](O[C@H]2C[C@@](C)(OC)[C@@H](O)[C@H](C)O2)[C@H](C)[C@@H](O[C@@H]2O[C@H](C)C[C@H](N(C)CCCc3cn(Cc4ccc([N+](=O)[O-])cc4)nn3)[C@H]2O)[C@@]2(C)C[C@@H](CO2)C(=O)[C@H](C)[C@@H](O)[C@]1(C)O. The number of non-ortho nitro benzene ring substituents is 1. The number of likely N-dealkylation sites (N-methyl/N-ethyl adjacent to an activating group) is 1. The number of methoxy groups -OCH3 is 1. The molecule has 0 amide bonds. The summed E-state index contributed by atoms with van der Waals surface area (Å²) in [7, 11) is 3.43. The van der Waals surface area contributed by atoms with Crippen LogP contribution in [0, 0.1) is 33.8 Å². The maximum Gasteiger partial charge on any atom is 0.311 e. The van der Waals surface area contributed by atoms with Crippen LogP contribution < -0.4 is 0 Å². The molecule has 0 spiro atoms. The summed E-state index contributed by atoms with van der Waals surface area (Å²) < 4.78 is 46.5. The van der Waals surface area contributed by atoms with E-state index < -0.39 is 113 Å². The first-order valence-corrected chi connectivity index (χ1v) is 24.1. The van der Waals surface area contributed by atoms with Crippen LogP contribution in [0.5, 0.6) is 0 Å². The van der Waals surface area contributed by atoms with Gasteiger partial charge in [0, 0.05) is 55.7 Å². The van der Waals surface area contributed by atoms with E-state index in [-0.39, 0.29) is 43.4 Å². The second-order valence-corrected chi connectivity index (χ2v) is 20.5. The van der Waals surface area contributed by atoms with E-state index >= 15 is 0 Å². The number of hydrogen-bond donors (Lipinski definition) is 4. The molecule has 0 saturated carbocycles. The Kier molecular flexibility index (Phi) is 17.3. The molecule has 4 N–H and O–H groups in total. The predicted octanol–water partition coefficient (Wildman–Crippen LogP) is 3.35. The highest BCUT2D eigenvalue weighted by Crippen LogP contribution is 2.44. The first-order chi connectivity index (χ1) is 31.9. The van der Waals surface area contributed by atoms with E-state index in [1.165, 1.54) is 26.2 Å². The fraction of sp³-hybridized carbons (Fsp3) is 0.792. The largest absolute Gasteiger partial charge is 0.459 e. The van der Waals surface area contributed by atoms with Crippen molar-refractivity contribution >= 4 is 17.4 Å². The van der Waals surface area contributed by atoms with Gasteiger partial charge >= 0.3 is 5.97 Å². The van der Waals surface area contributed by atoms with Crippen LogP contribution in [0.1, 0.15) is 106 Å². The lowest BCUT2D eigenvalue weighted by atomic mass is 9.75. The van der Waals surface area contributed by atoms with Crippen molar-refractivity contribution in [2.75, 3.05) is 27.3 Å². The highest BCUT2D eigenvalue weighted by Gasteiger charge is 2.56. The van der Waals surface area contributed by atoms with Crippen LogP contribution in [0.15, 0.2) is 30.5 Å². The number of carbonyl (C=O) groups is 2. The van der Waals surface area contributed by atoms with Gasteiger partial charge in [-0.25, -0.2) is 4.68 Å². The highest BCUT2D eigenvalue weighted by atomic mass is 16.7. The average molecular weight is 962 g/mol. The maximum atomic E-state index is 14.4. The Balaban J connectivity index is 1.25. The van der Waals surface area contributed by atoms with Gasteiger partial charge in [-0.3, -0.25) is 19.7 Å². The Morgan fingerprint density at radius 1 is 0.985 bits per heavy atom. The number of fused-ring (bicyclic) bond motifs is 2. The molecule has 0 unspecified atom stereocenters. The van der Waals surface area contributed by atoms with Gasteiger partial charge in [0.2, 0.25) is 0 Å². The normalized spacial score (nSPS) is 40.8. The summed E-state index contributed by atoms with van der Waals surface area (Å²) in [5.41, 5.74) is -2.64. The van der Waals surface area contributed by atoms with Gasteiger partial charge in [-0.2, -0.15) is 0 Å². The molecule has 2 aromatic rings. The van der Waals surface area contributed by atoms with Gasteiger partial charge in [0.15, 0.2) is 12.6 Å². The number of hydrogen-bond acceptors (Lipinski definition) is 18. The van der Waals surface area contributed by atoms with E-state index in [2.05, 4.69) is 15.2 Å². The molecule has 1 aromatic heterocycles. The third-order valence-corrected chi connectivity index (χ3v) is 15.2. The van der Waals surface area contributed by atoms with Gasteiger partial charge in [-0.05, 0) is 92.8 Å². The second kappa shape index (κ2) is 21.8. The van der Waals surface area contributed by atoms with Crippen LogP contribution in [0.25, 0.3) is 0 Å². The molecule has 20 heteroatoms. The zero-order valence-electron chi connectivity index (χ0n) is 41.4. The predicted molar refractivity (Wildman–Crippen MR) is 244 cm³/mol. The minimum atomic E-state index is -1.99. The lowest BCUT2D eigenvalue weighted by Gasteiger charge is -2.49. The standard InChI is InChI=1S/C48H75N5O15/c1-12-36-48(9,59)41(56)27(3)38(54)32-21-47(8,63-25-32)43(28(4)40(29(5)44(58)66-36)67-37-22-46(7,62-11)42(57)30(6)65-37)68-45-39(55)35(20-26(2)64-45)51(10)19-13-14-33-24-52(50-49-33)23-31-15-17-34(18-16-31)53(60)61/h15-18,24,26-30,32,35-37,39-43,45,55-57,59H,12-14,19-23,25H2,1-11H3/t26-,27+,28+,29-,30+,32+,35+,36-,37+,39-,40+,41-,42+,43-,45+,46-,47-,48-/m1/s1. The quantitative estimate of drug-likeness (QED) is 0.120. The molecule has 0 aliphatic carbocycles. The number of nitrogens with zero attached hydrogens (tertiary/aromatic N) is 5. The van der Waals surface area contributed by atoms with E-state index in [0.717, 1.165) is 11.3 Å².